The molecule has 28 heavy (non-hydrogen) atoms. The highest BCUT2D eigenvalue weighted by Gasteiger charge is 2.29. The van der Waals surface area contributed by atoms with Crippen LogP contribution in [0.4, 0.5) is 0 Å². The highest BCUT2D eigenvalue weighted by Crippen LogP contribution is 2.29. The first kappa shape index (κ1) is 19.0. The van der Waals surface area contributed by atoms with Gasteiger partial charge in [-0.15, -0.1) is 5.10 Å². The molecule has 0 aliphatic rings. The number of aromatic amines is 1. The second-order valence-electron chi connectivity index (χ2n) is 7.32. The third-order valence-electron chi connectivity index (χ3n) is 5.30. The van der Waals surface area contributed by atoms with Gasteiger partial charge < -0.3 is 9.88 Å². The van der Waals surface area contributed by atoms with Gasteiger partial charge in [-0.1, -0.05) is 29.5 Å². The molecule has 0 saturated carbocycles. The van der Waals surface area contributed by atoms with E-state index in [0.717, 1.165) is 46.6 Å². The van der Waals surface area contributed by atoms with Crippen molar-refractivity contribution in [2.75, 3.05) is 26.1 Å². The Kier molecular flexibility index (Phi) is 5.64. The minimum absolute atomic E-state index is 0.248. The van der Waals surface area contributed by atoms with E-state index in [4.69, 9.17) is 4.98 Å². The lowest BCUT2D eigenvalue weighted by Gasteiger charge is -2.31. The fourth-order valence-corrected chi connectivity index (χ4v) is 4.27. The number of benzene rings is 2. The van der Waals surface area contributed by atoms with Crippen LogP contribution in [0.3, 0.4) is 0 Å². The van der Waals surface area contributed by atoms with E-state index >= 15 is 0 Å². The molecule has 2 atom stereocenters. The van der Waals surface area contributed by atoms with Gasteiger partial charge in [0.15, 0.2) is 0 Å². The van der Waals surface area contributed by atoms with Gasteiger partial charge in [-0.2, -0.15) is 11.8 Å². The van der Waals surface area contributed by atoms with E-state index in [9.17, 15) is 0 Å². The summed E-state index contributed by atoms with van der Waals surface area (Å²) in [5.41, 5.74) is 4.12. The van der Waals surface area contributed by atoms with Crippen molar-refractivity contribution in [1.82, 2.24) is 29.9 Å². The van der Waals surface area contributed by atoms with E-state index in [1.807, 2.05) is 46.8 Å². The zero-order valence-corrected chi connectivity index (χ0v) is 17.4. The second kappa shape index (κ2) is 8.32. The Bertz CT molecular complexity index is 1020. The van der Waals surface area contributed by atoms with Crippen molar-refractivity contribution in [1.29, 1.82) is 0 Å². The average molecular weight is 395 g/mol. The number of hydrogen-bond acceptors (Lipinski definition) is 5. The first-order valence-corrected chi connectivity index (χ1v) is 10.9. The van der Waals surface area contributed by atoms with Gasteiger partial charge in [-0.25, -0.2) is 9.67 Å². The molecule has 146 valence electrons. The van der Waals surface area contributed by atoms with Gasteiger partial charge in [0.05, 0.1) is 23.1 Å². The molecule has 2 aromatic carbocycles. The van der Waals surface area contributed by atoms with Crippen LogP contribution in [0.2, 0.25) is 0 Å². The maximum absolute atomic E-state index is 4.92. The zero-order valence-electron chi connectivity index (χ0n) is 16.5. The Morgan fingerprint density at radius 1 is 1.07 bits per heavy atom. The number of para-hydroxylation sites is 3. The Morgan fingerprint density at radius 2 is 1.82 bits per heavy atom. The van der Waals surface area contributed by atoms with Crippen LogP contribution in [0, 0.1) is 0 Å². The monoisotopic (exact) mass is 394 g/mol. The molecule has 0 radical (unpaired) electrons. The summed E-state index contributed by atoms with van der Waals surface area (Å²) in [7, 11) is 4.27. The molecule has 2 unspecified atom stereocenters. The van der Waals surface area contributed by atoms with Crippen molar-refractivity contribution in [3.8, 4) is 0 Å². The maximum Gasteiger partial charge on any atom is 0.113 e. The molecular formula is C21H26N6S. The summed E-state index contributed by atoms with van der Waals surface area (Å²) < 4.78 is 2.02. The van der Waals surface area contributed by atoms with E-state index in [1.165, 1.54) is 0 Å². The number of nitrogens with zero attached hydrogens (tertiary/aromatic N) is 5. The third-order valence-corrected chi connectivity index (χ3v) is 5.94. The van der Waals surface area contributed by atoms with Crippen LogP contribution in [0.15, 0.2) is 48.5 Å². The highest BCUT2D eigenvalue weighted by molar-refractivity contribution is 7.98. The van der Waals surface area contributed by atoms with E-state index in [1.54, 1.807) is 0 Å². The van der Waals surface area contributed by atoms with Crippen molar-refractivity contribution < 1.29 is 0 Å². The van der Waals surface area contributed by atoms with Crippen molar-refractivity contribution in [2.45, 2.75) is 24.9 Å². The number of imidazole rings is 1. The molecule has 2 heterocycles. The van der Waals surface area contributed by atoms with Gasteiger partial charge in [0.1, 0.15) is 11.3 Å². The standard InChI is InChI=1S/C21H26N6S/c1-26(2)20(14-27-19-11-7-6-10-18(19)24-25-27)15(12-13-28-3)21-22-16-8-4-5-9-17(16)23-21/h4-11,15,20H,12-14H2,1-3H3,(H,22,23). The first-order valence-electron chi connectivity index (χ1n) is 9.55. The van der Waals surface area contributed by atoms with Crippen molar-refractivity contribution >= 4 is 33.8 Å². The summed E-state index contributed by atoms with van der Waals surface area (Å²) in [5.74, 6) is 2.42. The molecule has 7 heteroatoms. The van der Waals surface area contributed by atoms with Crippen molar-refractivity contribution in [3.05, 3.63) is 54.4 Å². The summed E-state index contributed by atoms with van der Waals surface area (Å²) in [4.78, 5) is 10.8. The van der Waals surface area contributed by atoms with E-state index in [0.29, 0.717) is 0 Å². The number of likely N-dealkylation sites (N-methyl/N-ethyl adjacent to an activating group) is 1. The number of rotatable bonds is 8. The molecule has 1 N–H and O–H groups in total. The molecular weight excluding hydrogens is 368 g/mol. The predicted octanol–water partition coefficient (Wildman–Crippen LogP) is 3.77. The third kappa shape index (κ3) is 3.77. The van der Waals surface area contributed by atoms with E-state index in [-0.39, 0.29) is 12.0 Å². The fourth-order valence-electron chi connectivity index (χ4n) is 3.78. The van der Waals surface area contributed by atoms with Gasteiger partial charge in [0, 0.05) is 12.0 Å². The van der Waals surface area contributed by atoms with Crippen molar-refractivity contribution in [2.24, 2.45) is 0 Å². The summed E-state index contributed by atoms with van der Waals surface area (Å²) in [6.45, 7) is 0.767. The molecule has 4 rings (SSSR count). The molecule has 2 aromatic heterocycles. The highest BCUT2D eigenvalue weighted by atomic mass is 32.2. The summed E-state index contributed by atoms with van der Waals surface area (Å²) in [6.07, 6.45) is 3.21. The lowest BCUT2D eigenvalue weighted by atomic mass is 9.95. The lowest BCUT2D eigenvalue weighted by Crippen LogP contribution is -2.38. The number of H-pyrrole nitrogens is 1. The Labute approximate surface area is 169 Å². The summed E-state index contributed by atoms with van der Waals surface area (Å²) in [5, 5.41) is 8.75. The van der Waals surface area contributed by atoms with E-state index in [2.05, 4.69) is 58.7 Å². The smallest absolute Gasteiger partial charge is 0.113 e. The molecule has 0 saturated heterocycles. The number of thioether (sulfide) groups is 1. The van der Waals surface area contributed by atoms with Crippen LogP contribution in [0.25, 0.3) is 22.1 Å². The Balaban J connectivity index is 1.70. The van der Waals surface area contributed by atoms with Crippen LogP contribution in [-0.2, 0) is 6.54 Å². The molecule has 0 fully saturated rings. The molecule has 0 bridgehead atoms. The van der Waals surface area contributed by atoms with Crippen molar-refractivity contribution in [3.63, 3.8) is 0 Å². The molecule has 4 aromatic rings. The van der Waals surface area contributed by atoms with Gasteiger partial charge in [-0.3, -0.25) is 0 Å². The van der Waals surface area contributed by atoms with Gasteiger partial charge in [0.25, 0.3) is 0 Å². The molecule has 0 aliphatic carbocycles. The normalized spacial score (nSPS) is 14.1. The molecule has 6 nitrogen and oxygen atoms in total. The Hall–Kier alpha value is -2.38. The molecule has 0 aliphatic heterocycles. The lowest BCUT2D eigenvalue weighted by molar-refractivity contribution is 0.213. The minimum atomic E-state index is 0.248. The molecule has 0 amide bonds. The predicted molar refractivity (Wildman–Crippen MR) is 117 cm³/mol. The number of hydrogen-bond donors (Lipinski definition) is 1. The van der Waals surface area contributed by atoms with Gasteiger partial charge in [-0.05, 0) is 56.8 Å². The average Bonchev–Trinajstić information content (AvgIpc) is 3.31. The van der Waals surface area contributed by atoms with Crippen LogP contribution in [-0.4, -0.2) is 62.0 Å². The van der Waals surface area contributed by atoms with Crippen LogP contribution in [0.5, 0.6) is 0 Å². The van der Waals surface area contributed by atoms with Gasteiger partial charge in [0.2, 0.25) is 0 Å². The SMILES string of the molecule is CSCCC(c1nc2ccccc2[nH]1)C(Cn1nnc2ccccc21)N(C)C. The van der Waals surface area contributed by atoms with Gasteiger partial charge >= 0.3 is 0 Å². The summed E-state index contributed by atoms with van der Waals surface area (Å²) >= 11 is 1.88. The first-order chi connectivity index (χ1) is 13.7. The van der Waals surface area contributed by atoms with Crippen LogP contribution in [0.1, 0.15) is 18.2 Å². The van der Waals surface area contributed by atoms with Crippen LogP contribution >= 0.6 is 11.8 Å². The largest absolute Gasteiger partial charge is 0.342 e. The zero-order chi connectivity index (χ0) is 19.5. The Morgan fingerprint density at radius 3 is 2.57 bits per heavy atom. The summed E-state index contributed by atoms with van der Waals surface area (Å²) in [6, 6.07) is 16.6. The number of nitrogens with one attached hydrogen (secondary N) is 1. The number of fused-ring (bicyclic) bond motifs is 2. The molecule has 0 spiro atoms. The van der Waals surface area contributed by atoms with Crippen LogP contribution < -0.4 is 0 Å². The maximum atomic E-state index is 4.92. The second-order valence-corrected chi connectivity index (χ2v) is 8.30. The van der Waals surface area contributed by atoms with E-state index < -0.39 is 0 Å². The number of aromatic nitrogens is 5. The fraction of sp³-hybridized carbons (Fsp3) is 0.381. The quantitative estimate of drug-likeness (QED) is 0.493. The minimum Gasteiger partial charge on any atom is -0.342 e. The topological polar surface area (TPSA) is 62.6 Å².